The van der Waals surface area contributed by atoms with Gasteiger partial charge in [0.1, 0.15) is 18.1 Å². The van der Waals surface area contributed by atoms with Gasteiger partial charge >= 0.3 is 12.4 Å². The zero-order valence-corrected chi connectivity index (χ0v) is 23.4. The van der Waals surface area contributed by atoms with Gasteiger partial charge in [0, 0.05) is 42.9 Å². The molecule has 0 radical (unpaired) electrons. The summed E-state index contributed by atoms with van der Waals surface area (Å²) in [6.07, 6.45) is -2.63. The summed E-state index contributed by atoms with van der Waals surface area (Å²) in [5.74, 6) is 0.372. The highest BCUT2D eigenvalue weighted by atomic mass is 19.4. The van der Waals surface area contributed by atoms with Crippen LogP contribution in [0, 0.1) is 6.92 Å². The highest BCUT2D eigenvalue weighted by Gasteiger charge is 2.36. The Morgan fingerprint density at radius 2 is 1.74 bits per heavy atom. The van der Waals surface area contributed by atoms with Crippen molar-refractivity contribution in [2.24, 2.45) is 7.05 Å². The van der Waals surface area contributed by atoms with Crippen LogP contribution in [0.3, 0.4) is 0 Å². The Morgan fingerprint density at radius 1 is 1.02 bits per heavy atom. The van der Waals surface area contributed by atoms with E-state index in [2.05, 4.69) is 35.8 Å². The van der Waals surface area contributed by atoms with Crippen LogP contribution in [0.25, 0.3) is 22.5 Å². The monoisotopic (exact) mass is 609 g/mol. The number of nitrogens with zero attached hydrogens (tertiary/aromatic N) is 7. The number of alkyl halides is 6. The van der Waals surface area contributed by atoms with E-state index < -0.39 is 30.2 Å². The summed E-state index contributed by atoms with van der Waals surface area (Å²) < 4.78 is 80.5. The van der Waals surface area contributed by atoms with E-state index in [1.54, 1.807) is 26.0 Å². The number of halogens is 6. The smallest absolute Gasteiger partial charge is 0.390 e. The largest absolute Gasteiger partial charge is 0.433 e. The van der Waals surface area contributed by atoms with E-state index in [1.165, 1.54) is 25.6 Å². The van der Waals surface area contributed by atoms with Crippen LogP contribution in [0.5, 0.6) is 0 Å². The molecule has 1 aliphatic rings. The number of aryl methyl sites for hydroxylation is 2. The fourth-order valence-corrected chi connectivity index (χ4v) is 5.00. The Labute approximate surface area is 242 Å². The van der Waals surface area contributed by atoms with Crippen LogP contribution in [0.4, 0.5) is 43.8 Å². The minimum atomic E-state index is -4.61. The first-order valence-corrected chi connectivity index (χ1v) is 13.4. The highest BCUT2D eigenvalue weighted by molar-refractivity contribution is 5.74. The lowest BCUT2D eigenvalue weighted by molar-refractivity contribution is -0.144. The molecule has 3 N–H and O–H groups in total. The normalized spacial score (nSPS) is 19.4. The number of nitrogens with one attached hydrogen (secondary N) is 2. The molecule has 0 spiro atoms. The van der Waals surface area contributed by atoms with Crippen molar-refractivity contribution in [3.8, 4) is 22.5 Å². The van der Waals surface area contributed by atoms with Gasteiger partial charge in [-0.1, -0.05) is 0 Å². The molecule has 1 saturated carbocycles. The molecule has 0 aromatic carbocycles. The first kappa shape index (κ1) is 30.3. The maximum atomic E-state index is 13.5. The molecule has 4 heterocycles. The molecular formula is C27H29F6N9O. The van der Waals surface area contributed by atoms with Crippen LogP contribution >= 0.6 is 0 Å². The highest BCUT2D eigenvalue weighted by Crippen LogP contribution is 2.36. The number of rotatable bonds is 7. The van der Waals surface area contributed by atoms with Crippen LogP contribution in [0.1, 0.15) is 44.0 Å². The second kappa shape index (κ2) is 11.1. The minimum Gasteiger partial charge on any atom is -0.390 e. The molecule has 0 amide bonds. The number of hydrogen-bond acceptors (Lipinski definition) is 8. The van der Waals surface area contributed by atoms with Crippen molar-refractivity contribution in [1.82, 2.24) is 34.5 Å². The molecule has 4 aromatic rings. The number of anilines is 3. The Balaban J connectivity index is 1.44. The SMILES string of the molecule is Cc1nn(CC(F)(F)F)cc1-c1cc(Nc2ncc(-c3cc(C(F)(F)F)n(C)n3)c(NC3CCC(C)(O)CC3)n2)ccn1. The first-order valence-electron chi connectivity index (χ1n) is 13.4. The minimum absolute atomic E-state index is 0.0317. The fourth-order valence-electron chi connectivity index (χ4n) is 5.00. The lowest BCUT2D eigenvalue weighted by Crippen LogP contribution is -2.36. The van der Waals surface area contributed by atoms with Crippen molar-refractivity contribution in [2.45, 2.75) is 70.1 Å². The lowest BCUT2D eigenvalue weighted by Gasteiger charge is -2.33. The first-order chi connectivity index (χ1) is 20.1. The molecule has 0 saturated heterocycles. The van der Waals surface area contributed by atoms with Crippen molar-refractivity contribution in [3.63, 3.8) is 0 Å². The Kier molecular flexibility index (Phi) is 7.83. The molecule has 4 aromatic heterocycles. The third kappa shape index (κ3) is 7.24. The molecule has 5 rings (SSSR count). The average molecular weight is 610 g/mol. The Hall–Kier alpha value is -4.21. The summed E-state index contributed by atoms with van der Waals surface area (Å²) in [7, 11) is 1.20. The zero-order chi connectivity index (χ0) is 31.2. The quantitative estimate of drug-likeness (QED) is 0.223. The van der Waals surface area contributed by atoms with Crippen molar-refractivity contribution in [2.75, 3.05) is 10.6 Å². The molecule has 0 bridgehead atoms. The lowest BCUT2D eigenvalue weighted by atomic mass is 9.83. The van der Waals surface area contributed by atoms with Crippen molar-refractivity contribution in [3.05, 3.63) is 48.2 Å². The van der Waals surface area contributed by atoms with Gasteiger partial charge in [0.25, 0.3) is 0 Å². The molecule has 10 nitrogen and oxygen atoms in total. The molecule has 230 valence electrons. The fraction of sp³-hybridized carbons (Fsp3) is 0.444. The van der Waals surface area contributed by atoms with E-state index in [1.807, 2.05) is 0 Å². The van der Waals surface area contributed by atoms with E-state index in [0.29, 0.717) is 48.3 Å². The van der Waals surface area contributed by atoms with Crippen LogP contribution in [-0.2, 0) is 19.8 Å². The van der Waals surface area contributed by atoms with Crippen molar-refractivity contribution < 1.29 is 31.4 Å². The van der Waals surface area contributed by atoms with Crippen molar-refractivity contribution >= 4 is 17.5 Å². The predicted octanol–water partition coefficient (Wildman–Crippen LogP) is 5.87. The second-order valence-corrected chi connectivity index (χ2v) is 10.9. The van der Waals surface area contributed by atoms with Gasteiger partial charge in [0.05, 0.1) is 28.2 Å². The van der Waals surface area contributed by atoms with Gasteiger partial charge in [-0.15, -0.1) is 0 Å². The third-order valence-electron chi connectivity index (χ3n) is 7.22. The average Bonchev–Trinajstić information content (AvgIpc) is 3.46. The van der Waals surface area contributed by atoms with Gasteiger partial charge in [-0.2, -0.15) is 41.5 Å². The summed E-state index contributed by atoms with van der Waals surface area (Å²) in [6, 6.07) is 4.04. The summed E-state index contributed by atoms with van der Waals surface area (Å²) in [5.41, 5.74) is 0.189. The van der Waals surface area contributed by atoms with E-state index in [0.717, 1.165) is 15.4 Å². The molecule has 16 heteroatoms. The van der Waals surface area contributed by atoms with Gasteiger partial charge in [-0.05, 0) is 57.7 Å². The van der Waals surface area contributed by atoms with Gasteiger partial charge < -0.3 is 15.7 Å². The molecule has 0 aliphatic heterocycles. The number of hydrogen-bond donors (Lipinski definition) is 3. The van der Waals surface area contributed by atoms with Gasteiger partial charge in [0.2, 0.25) is 5.95 Å². The number of aromatic nitrogens is 7. The molecule has 0 atom stereocenters. The van der Waals surface area contributed by atoms with Crippen LogP contribution in [0.2, 0.25) is 0 Å². The molecule has 0 unspecified atom stereocenters. The summed E-state index contributed by atoms with van der Waals surface area (Å²) in [6.45, 7) is 2.11. The zero-order valence-electron chi connectivity index (χ0n) is 23.4. The third-order valence-corrected chi connectivity index (χ3v) is 7.22. The molecular weight excluding hydrogens is 580 g/mol. The summed E-state index contributed by atoms with van der Waals surface area (Å²) in [5, 5.41) is 24.6. The molecule has 1 fully saturated rings. The van der Waals surface area contributed by atoms with Crippen LogP contribution in [-0.4, -0.2) is 57.4 Å². The number of pyridine rings is 1. The predicted molar refractivity (Wildman–Crippen MR) is 145 cm³/mol. The summed E-state index contributed by atoms with van der Waals surface area (Å²) >= 11 is 0. The van der Waals surface area contributed by atoms with E-state index in [-0.39, 0.29) is 29.1 Å². The Bertz CT molecular complexity index is 1600. The van der Waals surface area contributed by atoms with Gasteiger partial charge in [0.15, 0.2) is 0 Å². The van der Waals surface area contributed by atoms with E-state index in [9.17, 15) is 31.4 Å². The number of aliphatic hydroxyl groups is 1. The van der Waals surface area contributed by atoms with Crippen LogP contribution < -0.4 is 10.6 Å². The van der Waals surface area contributed by atoms with E-state index in [4.69, 9.17) is 0 Å². The summed E-state index contributed by atoms with van der Waals surface area (Å²) in [4.78, 5) is 13.1. The van der Waals surface area contributed by atoms with Crippen molar-refractivity contribution in [1.29, 1.82) is 0 Å². The second-order valence-electron chi connectivity index (χ2n) is 10.9. The molecule has 1 aliphatic carbocycles. The van der Waals surface area contributed by atoms with Crippen LogP contribution in [0.15, 0.2) is 36.8 Å². The topological polar surface area (TPSA) is 119 Å². The Morgan fingerprint density at radius 3 is 2.40 bits per heavy atom. The molecule has 43 heavy (non-hydrogen) atoms. The maximum Gasteiger partial charge on any atom is 0.433 e. The maximum absolute atomic E-state index is 13.5. The van der Waals surface area contributed by atoms with E-state index >= 15 is 0 Å². The standard InChI is InChI=1S/C27H29F6N9O/c1-15-19(13-42(39-15)14-26(28,29)30)20-10-17(6-9-34-20)37-24-35-12-18(21-11-22(27(31,32)33)41(3)40-21)23(38-24)36-16-4-7-25(2,43)8-5-16/h6,9-13,16,43H,4-5,7-8,14H2,1-3H3,(H2,34,35,36,37,38). The van der Waals surface area contributed by atoms with Gasteiger partial charge in [-0.25, -0.2) is 4.98 Å². The van der Waals surface area contributed by atoms with Gasteiger partial charge in [-0.3, -0.25) is 14.3 Å².